The largest absolute Gasteiger partial charge is 0.477 e. The molecule has 13 heavy (non-hydrogen) atoms. The van der Waals surface area contributed by atoms with Crippen molar-refractivity contribution in [3.05, 3.63) is 42.2 Å². The third-order valence-electron chi connectivity index (χ3n) is 1.59. The van der Waals surface area contributed by atoms with E-state index in [1.165, 1.54) is 12.1 Å². The van der Waals surface area contributed by atoms with Gasteiger partial charge in [-0.05, 0) is 12.1 Å². The Hall–Kier alpha value is -1.68. The molecule has 0 saturated heterocycles. The number of aromatic nitrogens is 1. The van der Waals surface area contributed by atoms with Crippen LogP contribution in [0.1, 0.15) is 22.2 Å². The second-order valence-corrected chi connectivity index (χ2v) is 2.51. The predicted molar refractivity (Wildman–Crippen MR) is 48.3 cm³/mol. The van der Waals surface area contributed by atoms with Crippen molar-refractivity contribution in [2.75, 3.05) is 0 Å². The third kappa shape index (κ3) is 2.13. The van der Waals surface area contributed by atoms with E-state index < -0.39 is 12.0 Å². The molecule has 68 valence electrons. The van der Waals surface area contributed by atoms with Crippen LogP contribution in [0, 0.1) is 0 Å². The number of aromatic carboxylic acids is 1. The Kier molecular flexibility index (Phi) is 2.76. The molecule has 1 heterocycles. The molecule has 1 unspecified atom stereocenters. The Labute approximate surface area is 75.7 Å². The highest BCUT2D eigenvalue weighted by Gasteiger charge is 2.07. The van der Waals surface area contributed by atoms with E-state index >= 15 is 0 Å². The molecular formula is C9H10N2O2. The van der Waals surface area contributed by atoms with Crippen molar-refractivity contribution in [1.29, 1.82) is 0 Å². The predicted octanol–water partition coefficient (Wildman–Crippen LogP) is 0.966. The number of pyridine rings is 1. The fraction of sp³-hybridized carbons (Fsp3) is 0.111. The lowest BCUT2D eigenvalue weighted by Crippen LogP contribution is -2.11. The van der Waals surface area contributed by atoms with Gasteiger partial charge in [0.2, 0.25) is 0 Å². The van der Waals surface area contributed by atoms with Crippen LogP contribution in [0.25, 0.3) is 0 Å². The van der Waals surface area contributed by atoms with E-state index in [-0.39, 0.29) is 5.69 Å². The third-order valence-corrected chi connectivity index (χ3v) is 1.59. The lowest BCUT2D eigenvalue weighted by atomic mass is 10.2. The zero-order chi connectivity index (χ0) is 9.84. The Morgan fingerprint density at radius 2 is 2.38 bits per heavy atom. The molecular weight excluding hydrogens is 168 g/mol. The van der Waals surface area contributed by atoms with Gasteiger partial charge in [0.25, 0.3) is 0 Å². The number of hydrogen-bond donors (Lipinski definition) is 2. The maximum absolute atomic E-state index is 10.5. The Bertz CT molecular complexity index is 336. The topological polar surface area (TPSA) is 76.2 Å². The monoisotopic (exact) mass is 178 g/mol. The number of carboxylic acid groups (broad SMARTS) is 1. The Morgan fingerprint density at radius 3 is 2.92 bits per heavy atom. The number of nitrogens with two attached hydrogens (primary N) is 1. The fourth-order valence-corrected chi connectivity index (χ4v) is 0.877. The van der Waals surface area contributed by atoms with Gasteiger partial charge in [0, 0.05) is 0 Å². The van der Waals surface area contributed by atoms with Crippen LogP contribution in [0.2, 0.25) is 0 Å². The van der Waals surface area contributed by atoms with Gasteiger partial charge in [0.15, 0.2) is 0 Å². The van der Waals surface area contributed by atoms with E-state index in [9.17, 15) is 4.79 Å². The molecule has 0 spiro atoms. The molecule has 0 radical (unpaired) electrons. The molecule has 0 bridgehead atoms. The van der Waals surface area contributed by atoms with E-state index in [0.29, 0.717) is 5.69 Å². The summed E-state index contributed by atoms with van der Waals surface area (Å²) in [5, 5.41) is 8.63. The van der Waals surface area contributed by atoms with Crippen molar-refractivity contribution < 1.29 is 9.90 Å². The average Bonchev–Trinajstić information content (AvgIpc) is 2.17. The molecule has 4 nitrogen and oxygen atoms in total. The Morgan fingerprint density at radius 1 is 1.69 bits per heavy atom. The Balaban J connectivity index is 3.04. The quantitative estimate of drug-likeness (QED) is 0.676. The van der Waals surface area contributed by atoms with Gasteiger partial charge in [-0.1, -0.05) is 12.1 Å². The number of carbonyl (C=O) groups is 1. The van der Waals surface area contributed by atoms with Crippen LogP contribution in [0.5, 0.6) is 0 Å². The van der Waals surface area contributed by atoms with Crippen LogP contribution < -0.4 is 5.73 Å². The minimum absolute atomic E-state index is 0.00481. The van der Waals surface area contributed by atoms with Crippen LogP contribution >= 0.6 is 0 Å². The van der Waals surface area contributed by atoms with Crippen molar-refractivity contribution >= 4 is 5.97 Å². The number of nitrogens with zero attached hydrogens (tertiary/aromatic N) is 1. The van der Waals surface area contributed by atoms with Crippen molar-refractivity contribution in [3.8, 4) is 0 Å². The zero-order valence-corrected chi connectivity index (χ0v) is 6.97. The summed E-state index contributed by atoms with van der Waals surface area (Å²) < 4.78 is 0. The van der Waals surface area contributed by atoms with Gasteiger partial charge < -0.3 is 10.8 Å². The van der Waals surface area contributed by atoms with Gasteiger partial charge in [-0.2, -0.15) is 0 Å². The molecule has 3 N–H and O–H groups in total. The molecule has 0 aliphatic heterocycles. The van der Waals surface area contributed by atoms with Gasteiger partial charge in [-0.3, -0.25) is 0 Å². The number of rotatable bonds is 3. The summed E-state index contributed by atoms with van der Waals surface area (Å²) in [6, 6.07) is 4.27. The summed E-state index contributed by atoms with van der Waals surface area (Å²) in [6.45, 7) is 3.50. The highest BCUT2D eigenvalue weighted by atomic mass is 16.4. The van der Waals surface area contributed by atoms with Gasteiger partial charge in [0.1, 0.15) is 5.69 Å². The summed E-state index contributed by atoms with van der Waals surface area (Å²) in [5.41, 5.74) is 6.09. The minimum Gasteiger partial charge on any atom is -0.477 e. The first kappa shape index (κ1) is 9.41. The first-order chi connectivity index (χ1) is 6.15. The maximum Gasteiger partial charge on any atom is 0.354 e. The normalized spacial score (nSPS) is 12.1. The smallest absolute Gasteiger partial charge is 0.354 e. The molecule has 0 fully saturated rings. The standard InChI is InChI=1S/C9H10N2O2/c1-2-6(10)7-4-3-5-8(11-7)9(12)13/h2-6H,1,10H2,(H,12,13). The van der Waals surface area contributed by atoms with Crippen molar-refractivity contribution in [1.82, 2.24) is 4.98 Å². The second kappa shape index (κ2) is 3.82. The lowest BCUT2D eigenvalue weighted by molar-refractivity contribution is 0.0690. The molecule has 1 atom stereocenters. The summed E-state index contributed by atoms with van der Waals surface area (Å²) >= 11 is 0. The molecule has 4 heteroatoms. The molecule has 1 rings (SSSR count). The maximum atomic E-state index is 10.5. The van der Waals surface area contributed by atoms with Crippen LogP contribution in [-0.2, 0) is 0 Å². The van der Waals surface area contributed by atoms with E-state index in [1.807, 2.05) is 0 Å². The van der Waals surface area contributed by atoms with Crippen LogP contribution in [0.4, 0.5) is 0 Å². The lowest BCUT2D eigenvalue weighted by Gasteiger charge is -2.05. The summed E-state index contributed by atoms with van der Waals surface area (Å²) in [4.78, 5) is 14.4. The van der Waals surface area contributed by atoms with Crippen LogP contribution in [-0.4, -0.2) is 16.1 Å². The molecule has 1 aromatic heterocycles. The van der Waals surface area contributed by atoms with Gasteiger partial charge in [-0.15, -0.1) is 6.58 Å². The van der Waals surface area contributed by atoms with Crippen LogP contribution in [0.3, 0.4) is 0 Å². The molecule has 1 aromatic rings. The fourth-order valence-electron chi connectivity index (χ4n) is 0.877. The highest BCUT2D eigenvalue weighted by molar-refractivity contribution is 5.85. The van der Waals surface area contributed by atoms with Crippen molar-refractivity contribution in [3.63, 3.8) is 0 Å². The van der Waals surface area contributed by atoms with E-state index in [4.69, 9.17) is 10.8 Å². The first-order valence-corrected chi connectivity index (χ1v) is 3.73. The molecule has 0 saturated carbocycles. The molecule has 0 amide bonds. The van der Waals surface area contributed by atoms with Crippen LogP contribution in [0.15, 0.2) is 30.9 Å². The number of carboxylic acids is 1. The van der Waals surface area contributed by atoms with E-state index in [1.54, 1.807) is 12.1 Å². The summed E-state index contributed by atoms with van der Waals surface area (Å²) in [7, 11) is 0. The summed E-state index contributed by atoms with van der Waals surface area (Å²) in [5.74, 6) is -1.06. The molecule has 0 aliphatic carbocycles. The molecule has 0 aromatic carbocycles. The average molecular weight is 178 g/mol. The van der Waals surface area contributed by atoms with Gasteiger partial charge >= 0.3 is 5.97 Å². The first-order valence-electron chi connectivity index (χ1n) is 3.73. The highest BCUT2D eigenvalue weighted by Crippen LogP contribution is 2.08. The minimum atomic E-state index is -1.06. The SMILES string of the molecule is C=CC(N)c1cccc(C(=O)O)n1. The van der Waals surface area contributed by atoms with Gasteiger partial charge in [0.05, 0.1) is 11.7 Å². The van der Waals surface area contributed by atoms with E-state index in [0.717, 1.165) is 0 Å². The second-order valence-electron chi connectivity index (χ2n) is 2.51. The van der Waals surface area contributed by atoms with Crippen molar-refractivity contribution in [2.24, 2.45) is 5.73 Å². The zero-order valence-electron chi connectivity index (χ0n) is 6.97. The van der Waals surface area contributed by atoms with E-state index in [2.05, 4.69) is 11.6 Å². The van der Waals surface area contributed by atoms with Crippen molar-refractivity contribution in [2.45, 2.75) is 6.04 Å². The summed E-state index contributed by atoms with van der Waals surface area (Å²) in [6.07, 6.45) is 1.51. The molecule has 0 aliphatic rings. The number of hydrogen-bond acceptors (Lipinski definition) is 3. The van der Waals surface area contributed by atoms with Gasteiger partial charge in [-0.25, -0.2) is 9.78 Å².